The lowest BCUT2D eigenvalue weighted by atomic mass is 9.98. The van der Waals surface area contributed by atoms with Crippen molar-refractivity contribution >= 4 is 18.0 Å². The molecule has 0 saturated carbocycles. The minimum atomic E-state index is -1.10. The number of carboxylic acids is 1. The van der Waals surface area contributed by atoms with Gasteiger partial charge >= 0.3 is 12.1 Å². The van der Waals surface area contributed by atoms with E-state index < -0.39 is 30.1 Å². The quantitative estimate of drug-likeness (QED) is 0.461. The molecule has 2 aromatic rings. The van der Waals surface area contributed by atoms with Gasteiger partial charge in [-0.1, -0.05) is 48.5 Å². The standard InChI is InChI=1S/C25H31N3O6/c1-28(2)14-21(23(29)26-13-12-22(33-3)24(30)31)27-25(32)34-15-20-18-10-6-4-8-16(18)17-9-5-7-11-19(17)20/h4-11,20-22H,12-15H2,1-3H3,(H,26,29)(H,27,32)(H,30,31). The lowest BCUT2D eigenvalue weighted by Crippen LogP contribution is -2.52. The molecular weight excluding hydrogens is 438 g/mol. The van der Waals surface area contributed by atoms with Crippen LogP contribution in [-0.4, -0.2) is 81.0 Å². The van der Waals surface area contributed by atoms with Crippen LogP contribution in [0.3, 0.4) is 0 Å². The van der Waals surface area contributed by atoms with Crippen LogP contribution in [0.4, 0.5) is 4.79 Å². The van der Waals surface area contributed by atoms with Gasteiger partial charge in [0.2, 0.25) is 5.91 Å². The first kappa shape index (κ1) is 25.2. The van der Waals surface area contributed by atoms with Gasteiger partial charge < -0.3 is 30.1 Å². The molecule has 0 saturated heterocycles. The number of aliphatic carboxylic acids is 1. The maximum Gasteiger partial charge on any atom is 0.407 e. The zero-order chi connectivity index (χ0) is 24.7. The van der Waals surface area contributed by atoms with Crippen molar-refractivity contribution in [2.45, 2.75) is 24.5 Å². The Morgan fingerprint density at radius 2 is 1.62 bits per heavy atom. The molecule has 0 aliphatic heterocycles. The molecule has 0 heterocycles. The number of hydrogen-bond donors (Lipinski definition) is 3. The fourth-order valence-corrected chi connectivity index (χ4v) is 4.13. The van der Waals surface area contributed by atoms with E-state index in [-0.39, 0.29) is 32.0 Å². The number of hydrogen-bond acceptors (Lipinski definition) is 6. The second-order valence-electron chi connectivity index (χ2n) is 8.43. The molecule has 3 rings (SSSR count). The molecule has 1 aliphatic carbocycles. The average Bonchev–Trinajstić information content (AvgIpc) is 3.13. The second-order valence-corrected chi connectivity index (χ2v) is 8.43. The second kappa shape index (κ2) is 11.6. The maximum atomic E-state index is 12.6. The van der Waals surface area contributed by atoms with Crippen molar-refractivity contribution in [3.05, 3.63) is 59.7 Å². The number of benzene rings is 2. The molecule has 182 valence electrons. The van der Waals surface area contributed by atoms with E-state index in [9.17, 15) is 14.4 Å². The Kier molecular flexibility index (Phi) is 8.61. The van der Waals surface area contributed by atoms with Crippen molar-refractivity contribution in [2.24, 2.45) is 0 Å². The predicted octanol–water partition coefficient (Wildman–Crippen LogP) is 2.06. The Labute approximate surface area is 199 Å². The van der Waals surface area contributed by atoms with E-state index >= 15 is 0 Å². The summed E-state index contributed by atoms with van der Waals surface area (Å²) < 4.78 is 10.4. The third-order valence-electron chi connectivity index (χ3n) is 5.77. The highest BCUT2D eigenvalue weighted by Crippen LogP contribution is 2.44. The highest BCUT2D eigenvalue weighted by molar-refractivity contribution is 5.86. The molecule has 0 spiro atoms. The van der Waals surface area contributed by atoms with Crippen LogP contribution in [0.1, 0.15) is 23.5 Å². The fourth-order valence-electron chi connectivity index (χ4n) is 4.13. The first-order valence-electron chi connectivity index (χ1n) is 11.1. The number of carboxylic acid groups (broad SMARTS) is 1. The van der Waals surface area contributed by atoms with Crippen molar-refractivity contribution in [2.75, 3.05) is 40.9 Å². The van der Waals surface area contributed by atoms with Crippen LogP contribution >= 0.6 is 0 Å². The zero-order valence-electron chi connectivity index (χ0n) is 19.6. The molecule has 2 atom stereocenters. The summed E-state index contributed by atoms with van der Waals surface area (Å²) >= 11 is 0. The minimum absolute atomic E-state index is 0.0822. The summed E-state index contributed by atoms with van der Waals surface area (Å²) in [7, 11) is 4.87. The first-order valence-corrected chi connectivity index (χ1v) is 11.1. The summed E-state index contributed by atoms with van der Waals surface area (Å²) in [5.41, 5.74) is 4.47. The number of carbonyl (C=O) groups is 3. The van der Waals surface area contributed by atoms with Crippen LogP contribution in [0.25, 0.3) is 11.1 Å². The Balaban J connectivity index is 1.59. The monoisotopic (exact) mass is 469 g/mol. The van der Waals surface area contributed by atoms with E-state index in [1.807, 2.05) is 36.4 Å². The number of carbonyl (C=O) groups excluding carboxylic acids is 2. The van der Waals surface area contributed by atoms with Crippen LogP contribution in [0, 0.1) is 0 Å². The molecular formula is C25H31N3O6. The Morgan fingerprint density at radius 3 is 2.15 bits per heavy atom. The maximum absolute atomic E-state index is 12.6. The van der Waals surface area contributed by atoms with Crippen LogP contribution in [0.2, 0.25) is 0 Å². The minimum Gasteiger partial charge on any atom is -0.479 e. The Hall–Kier alpha value is -3.43. The van der Waals surface area contributed by atoms with E-state index in [1.54, 1.807) is 19.0 Å². The van der Waals surface area contributed by atoms with Crippen molar-refractivity contribution in [3.63, 3.8) is 0 Å². The Morgan fingerprint density at radius 1 is 1.03 bits per heavy atom. The zero-order valence-corrected chi connectivity index (χ0v) is 19.6. The van der Waals surface area contributed by atoms with Crippen molar-refractivity contribution < 1.29 is 29.0 Å². The van der Waals surface area contributed by atoms with Crippen LogP contribution in [0.5, 0.6) is 0 Å². The molecule has 2 amide bonds. The molecule has 0 fully saturated rings. The van der Waals surface area contributed by atoms with Gasteiger partial charge in [-0.3, -0.25) is 4.79 Å². The van der Waals surface area contributed by atoms with Crippen LogP contribution in [-0.2, 0) is 19.1 Å². The van der Waals surface area contributed by atoms with E-state index in [2.05, 4.69) is 22.8 Å². The molecule has 34 heavy (non-hydrogen) atoms. The number of likely N-dealkylation sites (N-methyl/N-ethyl adjacent to an activating group) is 1. The number of methoxy groups -OCH3 is 1. The highest BCUT2D eigenvalue weighted by atomic mass is 16.5. The third kappa shape index (κ3) is 6.12. The number of nitrogens with zero attached hydrogens (tertiary/aromatic N) is 1. The van der Waals surface area contributed by atoms with Gasteiger partial charge in [-0.05, 0) is 36.3 Å². The highest BCUT2D eigenvalue weighted by Gasteiger charge is 2.30. The summed E-state index contributed by atoms with van der Waals surface area (Å²) in [6, 6.07) is 15.2. The number of ether oxygens (including phenoxy) is 2. The normalized spacial score (nSPS) is 14.1. The molecule has 0 radical (unpaired) electrons. The molecule has 0 bridgehead atoms. The summed E-state index contributed by atoms with van der Waals surface area (Å²) in [6.45, 7) is 0.493. The molecule has 9 nitrogen and oxygen atoms in total. The number of nitrogens with one attached hydrogen (secondary N) is 2. The van der Waals surface area contributed by atoms with Gasteiger partial charge in [-0.25, -0.2) is 9.59 Å². The van der Waals surface area contributed by atoms with Gasteiger partial charge in [0.05, 0.1) is 0 Å². The largest absolute Gasteiger partial charge is 0.479 e. The number of amides is 2. The van der Waals surface area contributed by atoms with Crippen molar-refractivity contribution in [3.8, 4) is 11.1 Å². The molecule has 3 N–H and O–H groups in total. The number of fused-ring (bicyclic) bond motifs is 3. The summed E-state index contributed by atoms with van der Waals surface area (Å²) in [6.07, 6.45) is -1.59. The number of rotatable bonds is 11. The first-order chi connectivity index (χ1) is 16.3. The molecule has 9 heteroatoms. The van der Waals surface area contributed by atoms with Crippen LogP contribution in [0.15, 0.2) is 48.5 Å². The molecule has 1 aliphatic rings. The van der Waals surface area contributed by atoms with E-state index in [0.29, 0.717) is 0 Å². The van der Waals surface area contributed by atoms with Crippen molar-refractivity contribution in [1.82, 2.24) is 15.5 Å². The van der Waals surface area contributed by atoms with Gasteiger partial charge in [0.25, 0.3) is 0 Å². The molecule has 0 aromatic heterocycles. The van der Waals surface area contributed by atoms with Gasteiger partial charge in [0.1, 0.15) is 12.6 Å². The topological polar surface area (TPSA) is 117 Å². The van der Waals surface area contributed by atoms with E-state index in [4.69, 9.17) is 14.6 Å². The lowest BCUT2D eigenvalue weighted by Gasteiger charge is -2.22. The smallest absolute Gasteiger partial charge is 0.407 e. The third-order valence-corrected chi connectivity index (χ3v) is 5.77. The van der Waals surface area contributed by atoms with E-state index in [1.165, 1.54) is 7.11 Å². The average molecular weight is 470 g/mol. The van der Waals surface area contributed by atoms with Gasteiger partial charge in [-0.15, -0.1) is 0 Å². The fraction of sp³-hybridized carbons (Fsp3) is 0.400. The van der Waals surface area contributed by atoms with Crippen LogP contribution < -0.4 is 10.6 Å². The lowest BCUT2D eigenvalue weighted by molar-refractivity contribution is -0.149. The van der Waals surface area contributed by atoms with E-state index in [0.717, 1.165) is 22.3 Å². The molecule has 2 unspecified atom stereocenters. The predicted molar refractivity (Wildman–Crippen MR) is 127 cm³/mol. The molecule has 2 aromatic carbocycles. The van der Waals surface area contributed by atoms with Gasteiger partial charge in [-0.2, -0.15) is 0 Å². The number of alkyl carbamates (subject to hydrolysis) is 1. The summed E-state index contributed by atoms with van der Waals surface area (Å²) in [5, 5.41) is 14.3. The summed E-state index contributed by atoms with van der Waals surface area (Å²) in [5.74, 6) is -1.61. The SMILES string of the molecule is COC(CCNC(=O)C(CN(C)C)NC(=O)OCC1c2ccccc2-c2ccccc21)C(=O)O. The summed E-state index contributed by atoms with van der Waals surface area (Å²) in [4.78, 5) is 38.1. The Bertz CT molecular complexity index is 980. The van der Waals surface area contributed by atoms with Gasteiger partial charge in [0.15, 0.2) is 6.10 Å². The van der Waals surface area contributed by atoms with Gasteiger partial charge in [0, 0.05) is 32.5 Å². The van der Waals surface area contributed by atoms with Crippen molar-refractivity contribution in [1.29, 1.82) is 0 Å².